The predicted molar refractivity (Wildman–Crippen MR) is 71.9 cm³/mol. The summed E-state index contributed by atoms with van der Waals surface area (Å²) in [6.45, 7) is -1.37. The summed E-state index contributed by atoms with van der Waals surface area (Å²) in [7, 11) is 1.23. The summed E-state index contributed by atoms with van der Waals surface area (Å²) in [5, 5.41) is 8.75. The topological polar surface area (TPSA) is 66.8 Å². The summed E-state index contributed by atoms with van der Waals surface area (Å²) in [5.41, 5.74) is -4.24. The molecule has 0 aliphatic rings. The maximum absolute atomic E-state index is 12.8. The first-order valence-corrected chi connectivity index (χ1v) is 6.65. The number of carboxylic acids is 1. The molecule has 1 amide bonds. The van der Waals surface area contributed by atoms with Crippen LogP contribution >= 0.6 is 0 Å². The number of halogens is 6. The quantitative estimate of drug-likeness (QED) is 0.779. The molecule has 0 aromatic heterocycles. The predicted octanol–water partition coefficient (Wildman–Crippen LogP) is 2.90. The monoisotopic (exact) mass is 373 g/mol. The van der Waals surface area contributed by atoms with Crippen molar-refractivity contribution in [3.8, 4) is 0 Å². The second-order valence-corrected chi connectivity index (χ2v) is 4.91. The Labute approximate surface area is 137 Å². The highest BCUT2D eigenvalue weighted by molar-refractivity contribution is 5.96. The Morgan fingerprint density at radius 3 is 1.88 bits per heavy atom. The van der Waals surface area contributed by atoms with Crippen LogP contribution in [0.5, 0.6) is 0 Å². The van der Waals surface area contributed by atoms with Gasteiger partial charge in [-0.25, -0.2) is 0 Å². The maximum Gasteiger partial charge on any atom is 0.416 e. The van der Waals surface area contributed by atoms with Crippen molar-refractivity contribution in [2.45, 2.75) is 12.4 Å². The van der Waals surface area contributed by atoms with Crippen molar-refractivity contribution in [3.63, 3.8) is 0 Å². The number of ether oxygens (including phenoxy) is 1. The van der Waals surface area contributed by atoms with Crippen LogP contribution in [0.15, 0.2) is 18.2 Å². The van der Waals surface area contributed by atoms with Crippen LogP contribution in [0, 0.1) is 0 Å². The van der Waals surface area contributed by atoms with Crippen LogP contribution in [-0.4, -0.2) is 48.7 Å². The minimum absolute atomic E-state index is 0.118. The van der Waals surface area contributed by atoms with E-state index in [1.807, 2.05) is 0 Å². The molecule has 0 aliphatic heterocycles. The number of hydrogen-bond acceptors (Lipinski definition) is 3. The highest BCUT2D eigenvalue weighted by atomic mass is 19.4. The summed E-state index contributed by atoms with van der Waals surface area (Å²) in [5.74, 6) is -2.76. The Bertz CT molecular complexity index is 609. The Hall–Kier alpha value is -2.30. The highest BCUT2D eigenvalue weighted by Gasteiger charge is 2.38. The van der Waals surface area contributed by atoms with Gasteiger partial charge < -0.3 is 14.7 Å². The molecule has 1 rings (SSSR count). The molecular weight excluding hydrogens is 360 g/mol. The zero-order valence-electron chi connectivity index (χ0n) is 12.7. The lowest BCUT2D eigenvalue weighted by atomic mass is 10.0. The number of carbonyl (C=O) groups is 2. The number of aliphatic carboxylic acids is 1. The highest BCUT2D eigenvalue weighted by Crippen LogP contribution is 2.36. The van der Waals surface area contributed by atoms with Crippen LogP contribution in [0.3, 0.4) is 0 Å². The van der Waals surface area contributed by atoms with Crippen LogP contribution in [0.4, 0.5) is 26.3 Å². The van der Waals surface area contributed by atoms with E-state index in [1.165, 1.54) is 7.11 Å². The molecule has 0 atom stereocenters. The number of amides is 1. The van der Waals surface area contributed by atoms with Gasteiger partial charge in [0.25, 0.3) is 5.91 Å². The number of rotatable bonds is 6. The van der Waals surface area contributed by atoms with Crippen molar-refractivity contribution in [1.29, 1.82) is 0 Å². The van der Waals surface area contributed by atoms with E-state index in [9.17, 15) is 35.9 Å². The Morgan fingerprint density at radius 2 is 1.52 bits per heavy atom. The fourth-order valence-electron chi connectivity index (χ4n) is 1.88. The van der Waals surface area contributed by atoms with Gasteiger partial charge in [0.15, 0.2) is 0 Å². The molecule has 0 radical (unpaired) electrons. The normalized spacial score (nSPS) is 12.1. The number of carbonyl (C=O) groups excluding carboxylic acids is 1. The van der Waals surface area contributed by atoms with Crippen molar-refractivity contribution in [2.24, 2.45) is 0 Å². The maximum atomic E-state index is 12.8. The van der Waals surface area contributed by atoms with Gasteiger partial charge in [0.05, 0.1) is 17.7 Å². The zero-order valence-corrected chi connectivity index (χ0v) is 12.7. The number of hydrogen-bond donors (Lipinski definition) is 1. The van der Waals surface area contributed by atoms with Gasteiger partial charge in [-0.1, -0.05) is 0 Å². The van der Waals surface area contributed by atoms with Gasteiger partial charge >= 0.3 is 18.3 Å². The van der Waals surface area contributed by atoms with E-state index in [1.54, 1.807) is 0 Å². The largest absolute Gasteiger partial charge is 0.480 e. The lowest BCUT2D eigenvalue weighted by molar-refractivity contribution is -0.143. The van der Waals surface area contributed by atoms with Crippen molar-refractivity contribution >= 4 is 11.9 Å². The number of benzene rings is 1. The number of alkyl halides is 6. The van der Waals surface area contributed by atoms with E-state index in [4.69, 9.17) is 5.11 Å². The van der Waals surface area contributed by atoms with Crippen LogP contribution in [0.2, 0.25) is 0 Å². The Kier molecular flexibility index (Phi) is 6.41. The number of methoxy groups -OCH3 is 1. The van der Waals surface area contributed by atoms with E-state index in [-0.39, 0.29) is 31.4 Å². The smallest absolute Gasteiger partial charge is 0.416 e. The van der Waals surface area contributed by atoms with Gasteiger partial charge in [-0.05, 0) is 18.2 Å². The molecule has 0 heterocycles. The average molecular weight is 373 g/mol. The van der Waals surface area contributed by atoms with Gasteiger partial charge in [0.1, 0.15) is 6.54 Å². The molecule has 0 spiro atoms. The van der Waals surface area contributed by atoms with E-state index in [0.29, 0.717) is 4.90 Å². The first-order valence-electron chi connectivity index (χ1n) is 6.65. The molecular formula is C14H13F6NO4. The molecule has 140 valence electrons. The summed E-state index contributed by atoms with van der Waals surface area (Å²) in [6.07, 6.45) is -10.2. The first-order chi connectivity index (χ1) is 11.4. The van der Waals surface area contributed by atoms with Crippen molar-refractivity contribution in [2.75, 3.05) is 26.8 Å². The molecule has 0 saturated carbocycles. The molecule has 5 nitrogen and oxygen atoms in total. The summed E-state index contributed by atoms with van der Waals surface area (Å²) >= 11 is 0. The van der Waals surface area contributed by atoms with E-state index in [2.05, 4.69) is 4.74 Å². The minimum Gasteiger partial charge on any atom is -0.480 e. The molecule has 0 aliphatic carbocycles. The number of carboxylic acid groups (broad SMARTS) is 1. The summed E-state index contributed by atoms with van der Waals surface area (Å²) < 4.78 is 81.5. The van der Waals surface area contributed by atoms with Crippen molar-refractivity contribution in [1.82, 2.24) is 4.90 Å². The molecule has 11 heteroatoms. The third-order valence-corrected chi connectivity index (χ3v) is 3.01. The Balaban J connectivity index is 3.36. The van der Waals surface area contributed by atoms with Gasteiger partial charge in [-0.15, -0.1) is 0 Å². The van der Waals surface area contributed by atoms with Crippen LogP contribution < -0.4 is 0 Å². The molecule has 0 bridgehead atoms. The van der Waals surface area contributed by atoms with E-state index >= 15 is 0 Å². The molecule has 1 aromatic rings. The lowest BCUT2D eigenvalue weighted by Gasteiger charge is -2.21. The van der Waals surface area contributed by atoms with Gasteiger partial charge in [0, 0.05) is 19.2 Å². The second kappa shape index (κ2) is 7.72. The third-order valence-electron chi connectivity index (χ3n) is 3.01. The minimum atomic E-state index is -5.11. The fourth-order valence-corrected chi connectivity index (χ4v) is 1.88. The summed E-state index contributed by atoms with van der Waals surface area (Å²) in [4.78, 5) is 23.6. The van der Waals surface area contributed by atoms with Gasteiger partial charge in [-0.3, -0.25) is 9.59 Å². The third kappa shape index (κ3) is 5.93. The van der Waals surface area contributed by atoms with Gasteiger partial charge in [-0.2, -0.15) is 26.3 Å². The van der Waals surface area contributed by atoms with E-state index < -0.39 is 47.5 Å². The molecule has 25 heavy (non-hydrogen) atoms. The zero-order chi connectivity index (χ0) is 19.4. The average Bonchev–Trinajstić information content (AvgIpc) is 2.48. The molecule has 0 fully saturated rings. The fraction of sp³-hybridized carbons (Fsp3) is 0.429. The standard InChI is InChI=1S/C14H13F6NO4/c1-25-3-2-21(7-11(22)23)12(24)8-4-9(13(15,16)17)6-10(5-8)14(18,19)20/h4-6H,2-3,7H2,1H3,(H,22,23). The second-order valence-electron chi connectivity index (χ2n) is 4.91. The molecule has 0 saturated heterocycles. The lowest BCUT2D eigenvalue weighted by Crippen LogP contribution is -2.38. The first kappa shape index (κ1) is 20.7. The molecule has 1 aromatic carbocycles. The van der Waals surface area contributed by atoms with E-state index in [0.717, 1.165) is 0 Å². The van der Waals surface area contributed by atoms with Crippen LogP contribution in [-0.2, 0) is 21.9 Å². The van der Waals surface area contributed by atoms with Gasteiger partial charge in [0.2, 0.25) is 0 Å². The molecule has 0 unspecified atom stereocenters. The SMILES string of the molecule is COCCN(CC(=O)O)C(=O)c1cc(C(F)(F)F)cc(C(F)(F)F)c1. The van der Waals surface area contributed by atoms with Crippen LogP contribution in [0.25, 0.3) is 0 Å². The molecule has 1 N–H and O–H groups in total. The summed E-state index contributed by atoms with van der Waals surface area (Å²) in [6, 6.07) is 0.381. The van der Waals surface area contributed by atoms with Crippen LogP contribution in [0.1, 0.15) is 21.5 Å². The van der Waals surface area contributed by atoms with Crippen molar-refractivity contribution in [3.05, 3.63) is 34.9 Å². The Morgan fingerprint density at radius 1 is 1.04 bits per heavy atom. The number of nitrogens with zero attached hydrogens (tertiary/aromatic N) is 1. The van der Waals surface area contributed by atoms with Crippen molar-refractivity contribution < 1.29 is 45.8 Å².